The van der Waals surface area contributed by atoms with Gasteiger partial charge in [-0.05, 0) is 36.6 Å². The Morgan fingerprint density at radius 2 is 1.91 bits per heavy atom. The first kappa shape index (κ1) is 16.3. The Labute approximate surface area is 130 Å². The number of hydrogen-bond donors (Lipinski definition) is 1. The van der Waals surface area contributed by atoms with Crippen LogP contribution in [0.3, 0.4) is 0 Å². The number of nitrogens with two attached hydrogens (primary N) is 1. The molecule has 3 nitrogen and oxygen atoms in total. The fraction of sp³-hybridized carbons (Fsp3) is 0.389. The van der Waals surface area contributed by atoms with Crippen LogP contribution in [0.5, 0.6) is 0 Å². The summed E-state index contributed by atoms with van der Waals surface area (Å²) in [4.78, 5) is 11.7. The number of aromatic nitrogens is 1. The van der Waals surface area contributed by atoms with E-state index in [-0.39, 0.29) is 11.7 Å². The average molecular weight is 302 g/mol. The van der Waals surface area contributed by atoms with Gasteiger partial charge in [0.2, 0.25) is 0 Å². The standard InChI is InChI=1S/C18H23FN2O/c1-3-5-6-13(4-2)17-16(11-12-21(17)18(20)22)14-7-9-15(19)10-8-14/h7-13H,3-6H2,1-2H3,(H2,20,22). The van der Waals surface area contributed by atoms with Crippen molar-refractivity contribution in [3.8, 4) is 11.1 Å². The van der Waals surface area contributed by atoms with Crippen molar-refractivity contribution in [3.05, 3.63) is 48.0 Å². The van der Waals surface area contributed by atoms with Gasteiger partial charge in [0.15, 0.2) is 0 Å². The van der Waals surface area contributed by atoms with E-state index in [2.05, 4.69) is 13.8 Å². The molecule has 0 aliphatic rings. The highest BCUT2D eigenvalue weighted by Gasteiger charge is 2.21. The van der Waals surface area contributed by atoms with Gasteiger partial charge in [-0.2, -0.15) is 0 Å². The first-order valence-electron chi connectivity index (χ1n) is 7.85. The summed E-state index contributed by atoms with van der Waals surface area (Å²) in [6.45, 7) is 4.27. The minimum atomic E-state index is -0.474. The molecular weight excluding hydrogens is 279 g/mol. The molecule has 2 rings (SSSR count). The number of carbonyl (C=O) groups is 1. The van der Waals surface area contributed by atoms with E-state index in [0.29, 0.717) is 0 Å². The van der Waals surface area contributed by atoms with Crippen LogP contribution in [0.15, 0.2) is 36.5 Å². The maximum atomic E-state index is 13.1. The molecule has 2 aromatic rings. The SMILES string of the molecule is CCCCC(CC)c1c(-c2ccc(F)cc2)ccn1C(N)=O. The molecule has 1 atom stereocenters. The molecular formula is C18H23FN2O. The predicted octanol–water partition coefficient (Wildman–Crippen LogP) is 4.90. The number of carbonyl (C=O) groups excluding carboxylic acids is 1. The summed E-state index contributed by atoms with van der Waals surface area (Å²) in [7, 11) is 0. The molecule has 0 saturated heterocycles. The number of nitrogens with zero attached hydrogens (tertiary/aromatic N) is 1. The fourth-order valence-corrected chi connectivity index (χ4v) is 2.91. The van der Waals surface area contributed by atoms with Crippen molar-refractivity contribution >= 4 is 6.03 Å². The van der Waals surface area contributed by atoms with Crippen molar-refractivity contribution in [1.29, 1.82) is 0 Å². The predicted molar refractivity (Wildman–Crippen MR) is 87.4 cm³/mol. The van der Waals surface area contributed by atoms with Crippen molar-refractivity contribution in [1.82, 2.24) is 4.57 Å². The second-order valence-electron chi connectivity index (χ2n) is 5.58. The Morgan fingerprint density at radius 1 is 1.23 bits per heavy atom. The summed E-state index contributed by atoms with van der Waals surface area (Å²) in [5, 5.41) is 0. The highest BCUT2D eigenvalue weighted by molar-refractivity contribution is 5.80. The Bertz CT molecular complexity index is 631. The Hall–Kier alpha value is -2.10. The van der Waals surface area contributed by atoms with Gasteiger partial charge >= 0.3 is 6.03 Å². The van der Waals surface area contributed by atoms with Crippen molar-refractivity contribution in [3.63, 3.8) is 0 Å². The number of hydrogen-bond acceptors (Lipinski definition) is 1. The first-order chi connectivity index (χ1) is 10.6. The van der Waals surface area contributed by atoms with Crippen LogP contribution in [0.4, 0.5) is 9.18 Å². The van der Waals surface area contributed by atoms with Crippen molar-refractivity contribution in [2.24, 2.45) is 5.73 Å². The maximum absolute atomic E-state index is 13.1. The molecule has 1 unspecified atom stereocenters. The molecule has 0 aliphatic heterocycles. The molecule has 4 heteroatoms. The van der Waals surface area contributed by atoms with Crippen molar-refractivity contribution < 1.29 is 9.18 Å². The average Bonchev–Trinajstić information content (AvgIpc) is 2.94. The van der Waals surface area contributed by atoms with Gasteiger partial charge < -0.3 is 5.73 Å². The molecule has 0 bridgehead atoms. The number of primary amides is 1. The number of benzene rings is 1. The second-order valence-corrected chi connectivity index (χ2v) is 5.58. The molecule has 1 aromatic heterocycles. The third-order valence-corrected chi connectivity index (χ3v) is 4.10. The van der Waals surface area contributed by atoms with Crippen LogP contribution in [0, 0.1) is 5.82 Å². The summed E-state index contributed by atoms with van der Waals surface area (Å²) in [5.74, 6) is 0.000150. The minimum absolute atomic E-state index is 0.266. The van der Waals surface area contributed by atoms with Crippen molar-refractivity contribution in [2.45, 2.75) is 45.4 Å². The highest BCUT2D eigenvalue weighted by Crippen LogP contribution is 2.35. The number of halogens is 1. The van der Waals surface area contributed by atoms with Crippen LogP contribution in [-0.4, -0.2) is 10.6 Å². The summed E-state index contributed by atoms with van der Waals surface area (Å²) in [6, 6.07) is 7.78. The monoisotopic (exact) mass is 302 g/mol. The van der Waals surface area contributed by atoms with E-state index in [4.69, 9.17) is 5.73 Å². The topological polar surface area (TPSA) is 48.0 Å². The van der Waals surface area contributed by atoms with Gasteiger partial charge in [0.25, 0.3) is 0 Å². The van der Waals surface area contributed by atoms with Gasteiger partial charge in [-0.3, -0.25) is 4.57 Å². The van der Waals surface area contributed by atoms with Gasteiger partial charge in [0.05, 0.1) is 0 Å². The molecule has 2 N–H and O–H groups in total. The van der Waals surface area contributed by atoms with Gasteiger partial charge in [-0.15, -0.1) is 0 Å². The van der Waals surface area contributed by atoms with Crippen LogP contribution in [0.2, 0.25) is 0 Å². The van der Waals surface area contributed by atoms with E-state index in [1.165, 1.54) is 16.7 Å². The molecule has 22 heavy (non-hydrogen) atoms. The lowest BCUT2D eigenvalue weighted by Gasteiger charge is -2.19. The largest absolute Gasteiger partial charge is 0.351 e. The lowest BCUT2D eigenvalue weighted by molar-refractivity contribution is 0.249. The molecule has 0 saturated carbocycles. The zero-order valence-corrected chi connectivity index (χ0v) is 13.2. The van der Waals surface area contributed by atoms with Gasteiger partial charge in [-0.1, -0.05) is 38.8 Å². The Kier molecular flexibility index (Phi) is 5.36. The van der Waals surface area contributed by atoms with Crippen LogP contribution in [-0.2, 0) is 0 Å². The molecule has 118 valence electrons. The zero-order chi connectivity index (χ0) is 16.1. The third-order valence-electron chi connectivity index (χ3n) is 4.10. The zero-order valence-electron chi connectivity index (χ0n) is 13.2. The second kappa shape index (κ2) is 7.25. The first-order valence-corrected chi connectivity index (χ1v) is 7.85. The quantitative estimate of drug-likeness (QED) is 0.810. The lowest BCUT2D eigenvalue weighted by Crippen LogP contribution is -2.22. The number of unbranched alkanes of at least 4 members (excludes halogenated alkanes) is 1. The fourth-order valence-electron chi connectivity index (χ4n) is 2.91. The van der Waals surface area contributed by atoms with Crippen LogP contribution < -0.4 is 5.73 Å². The van der Waals surface area contributed by atoms with Gasteiger partial charge in [0.1, 0.15) is 5.82 Å². The van der Waals surface area contributed by atoms with Gasteiger partial charge in [0, 0.05) is 23.4 Å². The maximum Gasteiger partial charge on any atom is 0.323 e. The molecule has 1 aromatic carbocycles. The van der Waals surface area contributed by atoms with Gasteiger partial charge in [-0.25, -0.2) is 9.18 Å². The van der Waals surface area contributed by atoms with E-state index >= 15 is 0 Å². The minimum Gasteiger partial charge on any atom is -0.351 e. The number of rotatable bonds is 6. The Balaban J connectivity index is 2.50. The molecule has 0 fully saturated rings. The smallest absolute Gasteiger partial charge is 0.323 e. The molecule has 0 radical (unpaired) electrons. The van der Waals surface area contributed by atoms with E-state index in [1.54, 1.807) is 18.3 Å². The van der Waals surface area contributed by atoms with Crippen LogP contribution in [0.25, 0.3) is 11.1 Å². The van der Waals surface area contributed by atoms with E-state index < -0.39 is 6.03 Å². The third kappa shape index (κ3) is 3.38. The normalized spacial score (nSPS) is 12.3. The van der Waals surface area contributed by atoms with Crippen LogP contribution in [0.1, 0.15) is 51.1 Å². The molecule has 1 heterocycles. The summed E-state index contributed by atoms with van der Waals surface area (Å²) in [6.07, 6.45) is 5.87. The summed E-state index contributed by atoms with van der Waals surface area (Å²) < 4.78 is 14.7. The summed E-state index contributed by atoms with van der Waals surface area (Å²) in [5.41, 5.74) is 8.32. The lowest BCUT2D eigenvalue weighted by atomic mass is 9.91. The van der Waals surface area contributed by atoms with E-state index in [0.717, 1.165) is 42.5 Å². The summed E-state index contributed by atoms with van der Waals surface area (Å²) >= 11 is 0. The number of amides is 1. The molecule has 0 aliphatic carbocycles. The van der Waals surface area contributed by atoms with E-state index in [9.17, 15) is 9.18 Å². The van der Waals surface area contributed by atoms with E-state index in [1.807, 2.05) is 6.07 Å². The van der Waals surface area contributed by atoms with Crippen LogP contribution >= 0.6 is 0 Å². The highest BCUT2D eigenvalue weighted by atomic mass is 19.1. The Morgan fingerprint density at radius 3 is 2.45 bits per heavy atom. The molecule has 1 amide bonds. The van der Waals surface area contributed by atoms with Crippen molar-refractivity contribution in [2.75, 3.05) is 0 Å². The molecule has 0 spiro atoms.